The zero-order valence-corrected chi connectivity index (χ0v) is 14.5. The molecule has 0 saturated carbocycles. The van der Waals surface area contributed by atoms with Gasteiger partial charge in [0.1, 0.15) is 11.6 Å². The molecule has 1 aromatic heterocycles. The first-order valence-corrected chi connectivity index (χ1v) is 9.09. The van der Waals surface area contributed by atoms with Gasteiger partial charge in [0, 0.05) is 37.8 Å². The third kappa shape index (κ3) is 3.41. The van der Waals surface area contributed by atoms with Gasteiger partial charge in [0.15, 0.2) is 0 Å². The molecule has 0 aliphatic carbocycles. The Bertz CT molecular complexity index is 810. The number of pyridine rings is 1. The SMILES string of the molecule is N#Cc1ccnc(N2CCC(C3NNCC3c3cccc(F)c3)CC2)c1. The molecule has 2 atom stereocenters. The molecule has 2 aliphatic rings. The summed E-state index contributed by atoms with van der Waals surface area (Å²) in [5.74, 6) is 1.50. The molecule has 0 radical (unpaired) electrons. The van der Waals surface area contributed by atoms with E-state index in [4.69, 9.17) is 5.26 Å². The Balaban J connectivity index is 1.43. The number of anilines is 1. The molecule has 0 bridgehead atoms. The lowest BCUT2D eigenvalue weighted by Crippen LogP contribution is -2.44. The third-order valence-corrected chi connectivity index (χ3v) is 5.55. The van der Waals surface area contributed by atoms with Crippen molar-refractivity contribution in [3.8, 4) is 6.07 Å². The number of hydrogen-bond acceptors (Lipinski definition) is 5. The van der Waals surface area contributed by atoms with Gasteiger partial charge in [0.2, 0.25) is 0 Å². The number of nitrogens with one attached hydrogen (secondary N) is 2. The number of halogens is 1. The van der Waals surface area contributed by atoms with Crippen LogP contribution in [0.25, 0.3) is 0 Å². The minimum absolute atomic E-state index is 0.175. The quantitative estimate of drug-likeness (QED) is 0.890. The van der Waals surface area contributed by atoms with Crippen LogP contribution in [0.3, 0.4) is 0 Å². The number of benzene rings is 1. The molecule has 134 valence electrons. The summed E-state index contributed by atoms with van der Waals surface area (Å²) in [5.41, 5.74) is 8.38. The molecule has 5 nitrogen and oxygen atoms in total. The van der Waals surface area contributed by atoms with Crippen molar-refractivity contribution in [2.45, 2.75) is 24.8 Å². The number of rotatable bonds is 3. The fourth-order valence-electron chi connectivity index (χ4n) is 4.17. The molecular formula is C20H22FN5. The van der Waals surface area contributed by atoms with Crippen molar-refractivity contribution in [1.82, 2.24) is 15.8 Å². The lowest BCUT2D eigenvalue weighted by molar-refractivity contribution is 0.295. The first-order chi connectivity index (χ1) is 12.7. The van der Waals surface area contributed by atoms with Crippen LogP contribution in [-0.4, -0.2) is 30.7 Å². The van der Waals surface area contributed by atoms with Gasteiger partial charge in [-0.2, -0.15) is 5.26 Å². The molecule has 1 aromatic carbocycles. The van der Waals surface area contributed by atoms with Crippen LogP contribution in [0, 0.1) is 23.1 Å². The zero-order valence-electron chi connectivity index (χ0n) is 14.5. The molecular weight excluding hydrogens is 329 g/mol. The van der Waals surface area contributed by atoms with Gasteiger partial charge < -0.3 is 4.90 Å². The summed E-state index contributed by atoms with van der Waals surface area (Å²) in [4.78, 5) is 6.66. The van der Waals surface area contributed by atoms with Crippen LogP contribution < -0.4 is 15.8 Å². The number of hydrazine groups is 1. The maximum Gasteiger partial charge on any atom is 0.129 e. The minimum Gasteiger partial charge on any atom is -0.357 e. The highest BCUT2D eigenvalue weighted by molar-refractivity contribution is 5.45. The summed E-state index contributed by atoms with van der Waals surface area (Å²) in [7, 11) is 0. The van der Waals surface area contributed by atoms with Crippen LogP contribution in [-0.2, 0) is 0 Å². The highest BCUT2D eigenvalue weighted by atomic mass is 19.1. The van der Waals surface area contributed by atoms with Crippen molar-refractivity contribution in [2.75, 3.05) is 24.5 Å². The van der Waals surface area contributed by atoms with Gasteiger partial charge in [-0.15, -0.1) is 0 Å². The monoisotopic (exact) mass is 351 g/mol. The Hall–Kier alpha value is -2.49. The Morgan fingerprint density at radius 3 is 2.81 bits per heavy atom. The summed E-state index contributed by atoms with van der Waals surface area (Å²) in [6.45, 7) is 2.65. The Morgan fingerprint density at radius 1 is 1.19 bits per heavy atom. The van der Waals surface area contributed by atoms with E-state index in [2.05, 4.69) is 26.8 Å². The summed E-state index contributed by atoms with van der Waals surface area (Å²) in [6.07, 6.45) is 3.79. The van der Waals surface area contributed by atoms with Crippen molar-refractivity contribution in [3.05, 3.63) is 59.5 Å². The Labute approximate surface area is 152 Å². The van der Waals surface area contributed by atoms with Gasteiger partial charge in [0.05, 0.1) is 11.6 Å². The third-order valence-electron chi connectivity index (χ3n) is 5.55. The highest BCUT2D eigenvalue weighted by Crippen LogP contribution is 2.33. The van der Waals surface area contributed by atoms with Crippen LogP contribution in [0.2, 0.25) is 0 Å². The number of hydrogen-bond donors (Lipinski definition) is 2. The Kier molecular flexibility index (Phi) is 4.83. The highest BCUT2D eigenvalue weighted by Gasteiger charge is 2.36. The van der Waals surface area contributed by atoms with Crippen LogP contribution in [0.5, 0.6) is 0 Å². The molecule has 2 saturated heterocycles. The second-order valence-corrected chi connectivity index (χ2v) is 7.05. The number of aromatic nitrogens is 1. The fourth-order valence-corrected chi connectivity index (χ4v) is 4.17. The Morgan fingerprint density at radius 2 is 2.04 bits per heavy atom. The van der Waals surface area contributed by atoms with Gasteiger partial charge in [-0.1, -0.05) is 12.1 Å². The molecule has 2 unspecified atom stereocenters. The molecule has 0 amide bonds. The molecule has 2 N–H and O–H groups in total. The van der Waals surface area contributed by atoms with E-state index < -0.39 is 0 Å². The van der Waals surface area contributed by atoms with Crippen LogP contribution in [0.1, 0.15) is 29.9 Å². The van der Waals surface area contributed by atoms with Crippen LogP contribution in [0.4, 0.5) is 10.2 Å². The molecule has 2 fully saturated rings. The van der Waals surface area contributed by atoms with Gasteiger partial charge in [-0.05, 0) is 48.6 Å². The van der Waals surface area contributed by atoms with Crippen molar-refractivity contribution < 1.29 is 4.39 Å². The zero-order chi connectivity index (χ0) is 17.9. The van der Waals surface area contributed by atoms with E-state index in [1.165, 1.54) is 6.07 Å². The molecule has 6 heteroatoms. The van der Waals surface area contributed by atoms with Crippen molar-refractivity contribution >= 4 is 5.82 Å². The standard InChI is InChI=1S/C20H22FN5/c21-17-3-1-2-16(11-17)18-13-24-25-20(18)15-5-8-26(9-6-15)19-10-14(12-22)4-7-23-19/h1-4,7,10-11,15,18,20,24-25H,5-6,8-9,13H2. The van der Waals surface area contributed by atoms with E-state index in [-0.39, 0.29) is 11.7 Å². The number of nitrogens with zero attached hydrogens (tertiary/aromatic N) is 3. The minimum atomic E-state index is -0.175. The first-order valence-electron chi connectivity index (χ1n) is 9.09. The van der Waals surface area contributed by atoms with Gasteiger partial charge in [0.25, 0.3) is 0 Å². The molecule has 26 heavy (non-hydrogen) atoms. The fraction of sp³-hybridized carbons (Fsp3) is 0.400. The second kappa shape index (κ2) is 7.40. The first kappa shape index (κ1) is 17.0. The van der Waals surface area contributed by atoms with Crippen molar-refractivity contribution in [3.63, 3.8) is 0 Å². The summed E-state index contributed by atoms with van der Waals surface area (Å²) in [6, 6.07) is 13.0. The van der Waals surface area contributed by atoms with Crippen LogP contribution >= 0.6 is 0 Å². The summed E-state index contributed by atoms with van der Waals surface area (Å²) in [5, 5.41) is 9.06. The molecule has 2 aromatic rings. The van der Waals surface area contributed by atoms with Gasteiger partial charge in [-0.25, -0.2) is 9.37 Å². The largest absolute Gasteiger partial charge is 0.357 e. The maximum absolute atomic E-state index is 13.6. The molecule has 0 spiro atoms. The normalized spacial score (nSPS) is 23.8. The lowest BCUT2D eigenvalue weighted by atomic mass is 9.80. The predicted molar refractivity (Wildman–Crippen MR) is 98.0 cm³/mol. The topological polar surface area (TPSA) is 64.0 Å². The molecule has 4 rings (SSSR count). The smallest absolute Gasteiger partial charge is 0.129 e. The number of nitriles is 1. The maximum atomic E-state index is 13.6. The summed E-state index contributed by atoms with van der Waals surface area (Å²) >= 11 is 0. The molecule has 3 heterocycles. The number of piperidine rings is 1. The van der Waals surface area contributed by atoms with E-state index >= 15 is 0 Å². The van der Waals surface area contributed by atoms with Crippen LogP contribution in [0.15, 0.2) is 42.6 Å². The van der Waals surface area contributed by atoms with Gasteiger partial charge in [-0.3, -0.25) is 10.9 Å². The van der Waals surface area contributed by atoms with Gasteiger partial charge >= 0.3 is 0 Å². The lowest BCUT2D eigenvalue weighted by Gasteiger charge is -2.37. The average molecular weight is 351 g/mol. The summed E-state index contributed by atoms with van der Waals surface area (Å²) < 4.78 is 13.6. The van der Waals surface area contributed by atoms with Crippen molar-refractivity contribution in [1.29, 1.82) is 5.26 Å². The van der Waals surface area contributed by atoms with E-state index in [0.717, 1.165) is 43.9 Å². The van der Waals surface area contributed by atoms with E-state index in [0.29, 0.717) is 17.5 Å². The second-order valence-electron chi connectivity index (χ2n) is 7.05. The van der Waals surface area contributed by atoms with Crippen molar-refractivity contribution in [2.24, 2.45) is 5.92 Å². The average Bonchev–Trinajstić information content (AvgIpc) is 3.18. The predicted octanol–water partition coefficient (Wildman–Crippen LogP) is 2.57. The van der Waals surface area contributed by atoms with E-state index in [9.17, 15) is 4.39 Å². The molecule has 2 aliphatic heterocycles. The van der Waals surface area contributed by atoms with E-state index in [1.54, 1.807) is 24.4 Å². The van der Waals surface area contributed by atoms with E-state index in [1.807, 2.05) is 12.1 Å².